The number of nitrogens with two attached hydrogens (primary N) is 1. The molecule has 0 amide bonds. The summed E-state index contributed by atoms with van der Waals surface area (Å²) in [6.07, 6.45) is 1.86. The van der Waals surface area contributed by atoms with E-state index in [9.17, 15) is 0 Å². The predicted octanol–water partition coefficient (Wildman–Crippen LogP) is 2.90. The first-order chi connectivity index (χ1) is 8.60. The second kappa shape index (κ2) is 5.23. The van der Waals surface area contributed by atoms with E-state index in [1.54, 1.807) is 6.20 Å². The molecule has 0 atom stereocenters. The minimum absolute atomic E-state index is 0.170. The van der Waals surface area contributed by atoms with Crippen LogP contribution >= 0.6 is 0 Å². The van der Waals surface area contributed by atoms with E-state index in [0.29, 0.717) is 12.4 Å². The van der Waals surface area contributed by atoms with Crippen LogP contribution in [0.3, 0.4) is 0 Å². The van der Waals surface area contributed by atoms with Crippen LogP contribution in [0.2, 0.25) is 0 Å². The monoisotopic (exact) mass is 246 g/mol. The Hall–Kier alpha value is -1.81. The highest BCUT2D eigenvalue weighted by Gasteiger charge is 2.08. The van der Waals surface area contributed by atoms with Gasteiger partial charge in [-0.15, -0.1) is 0 Å². The molecule has 0 fully saturated rings. The first kappa shape index (κ1) is 12.6. The zero-order valence-electron chi connectivity index (χ0n) is 10.9. The van der Waals surface area contributed by atoms with Gasteiger partial charge in [0.1, 0.15) is 5.75 Å². The molecule has 0 saturated heterocycles. The van der Waals surface area contributed by atoms with Gasteiger partial charge in [-0.25, -0.2) is 4.98 Å². The summed E-state index contributed by atoms with van der Waals surface area (Å²) in [5.41, 5.74) is 7.53. The summed E-state index contributed by atoms with van der Waals surface area (Å²) >= 11 is 0. The average molecular weight is 246 g/mol. The lowest BCUT2D eigenvalue weighted by Gasteiger charge is -2.12. The van der Waals surface area contributed by atoms with Crippen LogP contribution in [-0.2, 0) is 6.54 Å². The Morgan fingerprint density at radius 3 is 2.72 bits per heavy atom. The Balaban J connectivity index is 2.28. The molecule has 1 aromatic carbocycles. The van der Waals surface area contributed by atoms with Crippen LogP contribution in [0.1, 0.15) is 25.3 Å². The van der Waals surface area contributed by atoms with Crippen molar-refractivity contribution in [1.82, 2.24) is 4.98 Å². The number of ether oxygens (including phenoxy) is 1. The summed E-state index contributed by atoms with van der Waals surface area (Å²) in [6.45, 7) is 6.35. The largest absolute Gasteiger partial charge is 0.491 e. The van der Waals surface area contributed by atoms with Gasteiger partial charge in [0, 0.05) is 5.56 Å². The third-order valence-corrected chi connectivity index (χ3v) is 2.55. The molecule has 2 rings (SSSR count). The smallest absolute Gasteiger partial charge is 0.208 e. The lowest BCUT2D eigenvalue weighted by Crippen LogP contribution is -2.06. The van der Waals surface area contributed by atoms with Crippen molar-refractivity contribution in [2.75, 3.05) is 0 Å². The molecule has 0 spiro atoms. The molecule has 0 radical (unpaired) electrons. The number of aryl methyl sites for hydroxylation is 1. The summed E-state index contributed by atoms with van der Waals surface area (Å²) in [5.74, 6) is 2.17. The highest BCUT2D eigenvalue weighted by atomic mass is 16.5. The average Bonchev–Trinajstić information content (AvgIpc) is 2.80. The van der Waals surface area contributed by atoms with Crippen molar-refractivity contribution in [3.05, 3.63) is 35.9 Å². The van der Waals surface area contributed by atoms with E-state index in [0.717, 1.165) is 22.6 Å². The summed E-state index contributed by atoms with van der Waals surface area (Å²) in [6, 6.07) is 5.94. The van der Waals surface area contributed by atoms with Crippen molar-refractivity contribution < 1.29 is 9.15 Å². The van der Waals surface area contributed by atoms with E-state index in [4.69, 9.17) is 14.9 Å². The van der Waals surface area contributed by atoms with Gasteiger partial charge in [0.25, 0.3) is 0 Å². The maximum atomic E-state index is 5.70. The molecule has 2 aromatic rings. The third-order valence-electron chi connectivity index (χ3n) is 2.55. The van der Waals surface area contributed by atoms with Crippen LogP contribution < -0.4 is 10.5 Å². The Morgan fingerprint density at radius 1 is 1.39 bits per heavy atom. The first-order valence-electron chi connectivity index (χ1n) is 6.02. The quantitative estimate of drug-likeness (QED) is 0.901. The molecule has 2 N–H and O–H groups in total. The molecule has 4 nitrogen and oxygen atoms in total. The number of nitrogens with zero attached hydrogens (tertiary/aromatic N) is 1. The topological polar surface area (TPSA) is 61.3 Å². The van der Waals surface area contributed by atoms with Crippen LogP contribution in [0.4, 0.5) is 0 Å². The van der Waals surface area contributed by atoms with Crippen molar-refractivity contribution in [2.24, 2.45) is 5.73 Å². The molecule has 0 unspecified atom stereocenters. The van der Waals surface area contributed by atoms with Crippen LogP contribution in [0, 0.1) is 6.92 Å². The number of hydrogen-bond acceptors (Lipinski definition) is 4. The number of oxazole rings is 1. The maximum Gasteiger partial charge on any atom is 0.208 e. The van der Waals surface area contributed by atoms with Gasteiger partial charge >= 0.3 is 0 Å². The van der Waals surface area contributed by atoms with Crippen LogP contribution in [-0.4, -0.2) is 11.1 Å². The molecule has 0 bridgehead atoms. The van der Waals surface area contributed by atoms with Crippen LogP contribution in [0.15, 0.2) is 28.8 Å². The minimum atomic E-state index is 0.170. The van der Waals surface area contributed by atoms with Crippen LogP contribution in [0.5, 0.6) is 5.75 Å². The van der Waals surface area contributed by atoms with Crippen molar-refractivity contribution in [2.45, 2.75) is 33.4 Å². The fourth-order valence-electron chi connectivity index (χ4n) is 1.73. The molecule has 0 aliphatic rings. The van der Waals surface area contributed by atoms with Gasteiger partial charge in [-0.3, -0.25) is 0 Å². The van der Waals surface area contributed by atoms with Crippen LogP contribution in [0.25, 0.3) is 11.3 Å². The zero-order valence-corrected chi connectivity index (χ0v) is 10.9. The van der Waals surface area contributed by atoms with Gasteiger partial charge in [-0.05, 0) is 44.5 Å². The van der Waals surface area contributed by atoms with E-state index in [-0.39, 0.29) is 6.10 Å². The third kappa shape index (κ3) is 2.71. The Kier molecular flexibility index (Phi) is 3.67. The highest BCUT2D eigenvalue weighted by Crippen LogP contribution is 2.27. The summed E-state index contributed by atoms with van der Waals surface area (Å²) in [7, 11) is 0. The van der Waals surface area contributed by atoms with Gasteiger partial charge < -0.3 is 14.9 Å². The second-order valence-corrected chi connectivity index (χ2v) is 4.47. The fourth-order valence-corrected chi connectivity index (χ4v) is 1.73. The summed E-state index contributed by atoms with van der Waals surface area (Å²) in [4.78, 5) is 4.09. The van der Waals surface area contributed by atoms with Crippen molar-refractivity contribution in [3.63, 3.8) is 0 Å². The molecule has 0 aliphatic heterocycles. The lowest BCUT2D eigenvalue weighted by molar-refractivity contribution is 0.241. The normalized spacial score (nSPS) is 10.9. The molecule has 0 saturated carbocycles. The van der Waals surface area contributed by atoms with Crippen molar-refractivity contribution in [3.8, 4) is 17.1 Å². The molecular formula is C14H18N2O2. The van der Waals surface area contributed by atoms with Crippen molar-refractivity contribution >= 4 is 0 Å². The molecule has 0 aliphatic carbocycles. The molecular weight excluding hydrogens is 228 g/mol. The predicted molar refractivity (Wildman–Crippen MR) is 70.3 cm³/mol. The summed E-state index contributed by atoms with van der Waals surface area (Å²) in [5, 5.41) is 0. The molecule has 4 heteroatoms. The Labute approximate surface area is 107 Å². The summed E-state index contributed by atoms with van der Waals surface area (Å²) < 4.78 is 11.2. The molecule has 1 aromatic heterocycles. The minimum Gasteiger partial charge on any atom is -0.491 e. The first-order valence-corrected chi connectivity index (χ1v) is 6.02. The van der Waals surface area contributed by atoms with Gasteiger partial charge in [-0.1, -0.05) is 0 Å². The lowest BCUT2D eigenvalue weighted by atomic mass is 10.1. The highest BCUT2D eigenvalue weighted by molar-refractivity contribution is 5.59. The number of benzene rings is 1. The zero-order chi connectivity index (χ0) is 13.1. The van der Waals surface area contributed by atoms with E-state index in [1.807, 2.05) is 39.0 Å². The van der Waals surface area contributed by atoms with Crippen molar-refractivity contribution in [1.29, 1.82) is 0 Å². The molecule has 1 heterocycles. The SMILES string of the molecule is Cc1cc(-c2cnc(CN)o2)ccc1OC(C)C. The molecule has 96 valence electrons. The maximum absolute atomic E-state index is 5.70. The van der Waals surface area contributed by atoms with Gasteiger partial charge in [0.2, 0.25) is 5.89 Å². The number of rotatable bonds is 4. The van der Waals surface area contributed by atoms with E-state index < -0.39 is 0 Å². The Bertz CT molecular complexity index is 532. The van der Waals surface area contributed by atoms with Gasteiger partial charge in [-0.2, -0.15) is 0 Å². The fraction of sp³-hybridized carbons (Fsp3) is 0.357. The van der Waals surface area contributed by atoms with Gasteiger partial charge in [0.05, 0.1) is 18.8 Å². The molecule has 18 heavy (non-hydrogen) atoms. The van der Waals surface area contributed by atoms with E-state index in [1.165, 1.54) is 0 Å². The number of hydrogen-bond donors (Lipinski definition) is 1. The number of aromatic nitrogens is 1. The van der Waals surface area contributed by atoms with Gasteiger partial charge in [0.15, 0.2) is 5.76 Å². The van der Waals surface area contributed by atoms with E-state index in [2.05, 4.69) is 4.98 Å². The Morgan fingerprint density at radius 2 is 2.17 bits per heavy atom. The van der Waals surface area contributed by atoms with E-state index >= 15 is 0 Å². The second-order valence-electron chi connectivity index (χ2n) is 4.47. The standard InChI is InChI=1S/C14H18N2O2/c1-9(2)17-12-5-4-11(6-10(12)3)13-8-16-14(7-15)18-13/h4-6,8-9H,7,15H2,1-3H3.